The molecule has 1 N–H and O–H groups in total. The monoisotopic (exact) mass is 453 g/mol. The molecule has 0 aliphatic heterocycles. The summed E-state index contributed by atoms with van der Waals surface area (Å²) in [7, 11) is 0. The number of amides is 1. The molecule has 180 valence electrons. The summed E-state index contributed by atoms with van der Waals surface area (Å²) in [5.41, 5.74) is 5.53. The second-order valence-electron chi connectivity index (χ2n) is 8.55. The Morgan fingerprint density at radius 1 is 0.818 bits per heavy atom. The Balaban J connectivity index is 2.04. The Kier molecular flexibility index (Phi) is 12.9. The van der Waals surface area contributed by atoms with Crippen molar-refractivity contribution in [2.24, 2.45) is 5.10 Å². The van der Waals surface area contributed by atoms with Crippen LogP contribution in [0.1, 0.15) is 83.6 Å². The highest BCUT2D eigenvalue weighted by Crippen LogP contribution is 2.14. The number of hydrazone groups is 1. The highest BCUT2D eigenvalue weighted by molar-refractivity contribution is 6.02. The van der Waals surface area contributed by atoms with E-state index in [9.17, 15) is 9.18 Å². The fourth-order valence-corrected chi connectivity index (χ4v) is 3.76. The average molecular weight is 454 g/mol. The largest absolute Gasteiger partial charge is 0.343 e. The number of nitrogens with one attached hydrogen (secondary N) is 1. The Labute approximate surface area is 199 Å². The van der Waals surface area contributed by atoms with E-state index < -0.39 is 0 Å². The summed E-state index contributed by atoms with van der Waals surface area (Å²) in [6.07, 6.45) is 10.2. The van der Waals surface area contributed by atoms with Crippen molar-refractivity contribution in [3.63, 3.8) is 0 Å². The molecule has 0 saturated carbocycles. The van der Waals surface area contributed by atoms with Crippen LogP contribution >= 0.6 is 0 Å². The number of hydrogen-bond acceptors (Lipinski definition) is 3. The van der Waals surface area contributed by atoms with E-state index in [1.807, 2.05) is 35.2 Å². The molecule has 33 heavy (non-hydrogen) atoms. The molecular formula is C28H40FN3O. The van der Waals surface area contributed by atoms with Gasteiger partial charge in [-0.05, 0) is 42.7 Å². The summed E-state index contributed by atoms with van der Waals surface area (Å²) in [4.78, 5) is 15.2. The van der Waals surface area contributed by atoms with Gasteiger partial charge in [-0.2, -0.15) is 5.10 Å². The van der Waals surface area contributed by atoms with Crippen LogP contribution in [-0.4, -0.2) is 29.6 Å². The minimum absolute atomic E-state index is 0.178. The summed E-state index contributed by atoms with van der Waals surface area (Å²) in [5, 5.41) is 4.57. The topological polar surface area (TPSA) is 44.7 Å². The molecule has 5 heteroatoms. The number of carbonyl (C=O) groups is 1. The van der Waals surface area contributed by atoms with Crippen molar-refractivity contribution >= 4 is 17.3 Å². The SMILES string of the molecule is CCCCCCN(CCCCCC)C(=O)CC/C(=N/Nc1ccccc1)c1ccc(F)cc1. The Bertz CT molecular complexity index is 809. The number of hydrogen-bond donors (Lipinski definition) is 1. The molecule has 0 aromatic heterocycles. The molecule has 0 atom stereocenters. The highest BCUT2D eigenvalue weighted by atomic mass is 19.1. The third kappa shape index (κ3) is 10.6. The molecule has 0 radical (unpaired) electrons. The highest BCUT2D eigenvalue weighted by Gasteiger charge is 2.15. The van der Waals surface area contributed by atoms with E-state index in [1.165, 1.54) is 50.7 Å². The number of anilines is 1. The number of carbonyl (C=O) groups excluding carboxylic acids is 1. The van der Waals surface area contributed by atoms with Gasteiger partial charge in [0.15, 0.2) is 0 Å². The van der Waals surface area contributed by atoms with Crippen LogP contribution in [0.3, 0.4) is 0 Å². The number of rotatable bonds is 16. The first-order valence-corrected chi connectivity index (χ1v) is 12.5. The molecule has 2 rings (SSSR count). The molecule has 0 spiro atoms. The van der Waals surface area contributed by atoms with Crippen molar-refractivity contribution < 1.29 is 9.18 Å². The smallest absolute Gasteiger partial charge is 0.222 e. The van der Waals surface area contributed by atoms with E-state index in [0.717, 1.165) is 42.9 Å². The van der Waals surface area contributed by atoms with E-state index in [0.29, 0.717) is 12.8 Å². The molecule has 1 amide bonds. The number of halogens is 1. The molecule has 0 aliphatic rings. The molecule has 4 nitrogen and oxygen atoms in total. The van der Waals surface area contributed by atoms with Gasteiger partial charge in [-0.25, -0.2) is 4.39 Å². The fourth-order valence-electron chi connectivity index (χ4n) is 3.76. The van der Waals surface area contributed by atoms with Crippen LogP contribution in [0.5, 0.6) is 0 Å². The van der Waals surface area contributed by atoms with Gasteiger partial charge < -0.3 is 4.90 Å². The molecule has 2 aromatic rings. The molecular weight excluding hydrogens is 413 g/mol. The van der Waals surface area contributed by atoms with Crippen molar-refractivity contribution in [2.45, 2.75) is 78.1 Å². The number of nitrogens with zero attached hydrogens (tertiary/aromatic N) is 2. The first-order chi connectivity index (χ1) is 16.1. The van der Waals surface area contributed by atoms with E-state index >= 15 is 0 Å². The zero-order valence-corrected chi connectivity index (χ0v) is 20.4. The lowest BCUT2D eigenvalue weighted by molar-refractivity contribution is -0.131. The Hall–Kier alpha value is -2.69. The maximum atomic E-state index is 13.5. The van der Waals surface area contributed by atoms with Crippen molar-refractivity contribution in [1.29, 1.82) is 0 Å². The minimum Gasteiger partial charge on any atom is -0.343 e. The molecule has 0 unspecified atom stereocenters. The third-order valence-electron chi connectivity index (χ3n) is 5.76. The lowest BCUT2D eigenvalue weighted by Crippen LogP contribution is -2.33. The predicted molar refractivity (Wildman–Crippen MR) is 137 cm³/mol. The lowest BCUT2D eigenvalue weighted by atomic mass is 10.0. The van der Waals surface area contributed by atoms with Gasteiger partial charge in [-0.3, -0.25) is 10.2 Å². The molecule has 0 saturated heterocycles. The van der Waals surface area contributed by atoms with Gasteiger partial charge in [0, 0.05) is 25.9 Å². The normalized spacial score (nSPS) is 11.4. The molecule has 0 fully saturated rings. The van der Waals surface area contributed by atoms with Crippen molar-refractivity contribution in [3.05, 3.63) is 66.0 Å². The minimum atomic E-state index is -0.282. The first-order valence-electron chi connectivity index (χ1n) is 12.5. The Morgan fingerprint density at radius 3 is 2.00 bits per heavy atom. The number of para-hydroxylation sites is 1. The van der Waals surface area contributed by atoms with Crippen LogP contribution in [0.4, 0.5) is 10.1 Å². The second kappa shape index (κ2) is 16.0. The van der Waals surface area contributed by atoms with Gasteiger partial charge in [0.2, 0.25) is 5.91 Å². The van der Waals surface area contributed by atoms with Crippen molar-refractivity contribution in [2.75, 3.05) is 18.5 Å². The van der Waals surface area contributed by atoms with Gasteiger partial charge in [0.25, 0.3) is 0 Å². The van der Waals surface area contributed by atoms with Crippen molar-refractivity contribution in [3.8, 4) is 0 Å². The van der Waals surface area contributed by atoms with Crippen LogP contribution < -0.4 is 5.43 Å². The van der Waals surface area contributed by atoms with Gasteiger partial charge in [-0.15, -0.1) is 0 Å². The Morgan fingerprint density at radius 2 is 1.42 bits per heavy atom. The average Bonchev–Trinajstić information content (AvgIpc) is 2.84. The second-order valence-corrected chi connectivity index (χ2v) is 8.55. The van der Waals surface area contributed by atoms with E-state index in [-0.39, 0.29) is 11.7 Å². The molecule has 2 aromatic carbocycles. The summed E-state index contributed by atoms with van der Waals surface area (Å²) < 4.78 is 13.5. The molecule has 0 bridgehead atoms. The van der Waals surface area contributed by atoms with Gasteiger partial charge in [-0.1, -0.05) is 82.7 Å². The van der Waals surface area contributed by atoms with Crippen molar-refractivity contribution in [1.82, 2.24) is 4.90 Å². The molecule has 0 heterocycles. The van der Waals surface area contributed by atoms with Gasteiger partial charge in [0.1, 0.15) is 5.82 Å². The maximum absolute atomic E-state index is 13.5. The summed E-state index contributed by atoms with van der Waals surface area (Å²) >= 11 is 0. The van der Waals surface area contributed by atoms with Crippen LogP contribution in [0.25, 0.3) is 0 Å². The van der Waals surface area contributed by atoms with Crippen LogP contribution in [0, 0.1) is 5.82 Å². The predicted octanol–water partition coefficient (Wildman–Crippen LogP) is 7.41. The molecule has 0 aliphatic carbocycles. The zero-order chi connectivity index (χ0) is 23.7. The standard InChI is InChI=1S/C28H40FN3O/c1-3-5-7-12-22-32(23-13-8-6-4-2)28(33)21-20-27(24-16-18-25(29)19-17-24)31-30-26-14-10-9-11-15-26/h9-11,14-19,30H,3-8,12-13,20-23H2,1-2H3/b31-27-. The summed E-state index contributed by atoms with van der Waals surface area (Å²) in [6, 6.07) is 16.0. The number of unbranched alkanes of at least 4 members (excludes halogenated alkanes) is 6. The maximum Gasteiger partial charge on any atom is 0.222 e. The zero-order valence-electron chi connectivity index (χ0n) is 20.4. The van der Waals surface area contributed by atoms with Crippen LogP contribution in [0.2, 0.25) is 0 Å². The van der Waals surface area contributed by atoms with Gasteiger partial charge >= 0.3 is 0 Å². The van der Waals surface area contributed by atoms with Crippen LogP contribution in [-0.2, 0) is 4.79 Å². The summed E-state index contributed by atoms with van der Waals surface area (Å²) in [5.74, 6) is -0.104. The summed E-state index contributed by atoms with van der Waals surface area (Å²) in [6.45, 7) is 6.06. The lowest BCUT2D eigenvalue weighted by Gasteiger charge is -2.23. The third-order valence-corrected chi connectivity index (χ3v) is 5.76. The fraction of sp³-hybridized carbons (Fsp3) is 0.500. The van der Waals surface area contributed by atoms with Gasteiger partial charge in [0.05, 0.1) is 11.4 Å². The number of benzene rings is 2. The van der Waals surface area contributed by atoms with E-state index in [4.69, 9.17) is 0 Å². The van der Waals surface area contributed by atoms with Crippen LogP contribution in [0.15, 0.2) is 59.7 Å². The van der Waals surface area contributed by atoms with E-state index in [2.05, 4.69) is 24.4 Å². The first kappa shape index (κ1) is 26.6. The quantitative estimate of drug-likeness (QED) is 0.163. The van der Waals surface area contributed by atoms with E-state index in [1.54, 1.807) is 12.1 Å².